The highest BCUT2D eigenvalue weighted by Crippen LogP contribution is 2.27. The molecule has 0 bridgehead atoms. The second kappa shape index (κ2) is 6.85. The van der Waals surface area contributed by atoms with Crippen molar-refractivity contribution in [2.75, 3.05) is 6.54 Å². The van der Waals surface area contributed by atoms with E-state index in [1.807, 2.05) is 12.4 Å². The quantitative estimate of drug-likeness (QED) is 0.503. The molecule has 4 aromatic rings. The number of hydrogen-bond acceptors (Lipinski definition) is 3. The van der Waals surface area contributed by atoms with Crippen molar-refractivity contribution >= 4 is 0 Å². The van der Waals surface area contributed by atoms with Gasteiger partial charge in [0.2, 0.25) is 0 Å². The zero-order chi connectivity index (χ0) is 18.1. The standard InChI is InChI=1S/C22H21N5/c1-2-19(24-11-1)22-25-13-21(27-22)18-9-5-16(6-10-18)15-3-7-17(8-4-15)20-12-23-14-26-20/h3-10,12-14,19,24H,1-2,11H2,(H,23,26)(H,25,27). The number of benzene rings is 2. The first-order valence-corrected chi connectivity index (χ1v) is 9.35. The summed E-state index contributed by atoms with van der Waals surface area (Å²) in [7, 11) is 0. The number of rotatable bonds is 4. The lowest BCUT2D eigenvalue weighted by molar-refractivity contribution is 0.613. The van der Waals surface area contributed by atoms with E-state index in [1.54, 1.807) is 6.33 Å². The van der Waals surface area contributed by atoms with Gasteiger partial charge in [-0.25, -0.2) is 9.97 Å². The maximum absolute atomic E-state index is 4.56. The Balaban J connectivity index is 1.35. The van der Waals surface area contributed by atoms with Crippen molar-refractivity contribution < 1.29 is 0 Å². The zero-order valence-electron chi connectivity index (χ0n) is 14.9. The summed E-state index contributed by atoms with van der Waals surface area (Å²) < 4.78 is 0. The van der Waals surface area contributed by atoms with Gasteiger partial charge in [0.1, 0.15) is 5.82 Å². The highest BCUT2D eigenvalue weighted by atomic mass is 15.0. The molecule has 134 valence electrons. The number of nitrogens with one attached hydrogen (secondary N) is 3. The van der Waals surface area contributed by atoms with Crippen LogP contribution in [0.1, 0.15) is 24.7 Å². The number of aromatic nitrogens is 4. The Bertz CT molecular complexity index is 1010. The molecule has 3 N–H and O–H groups in total. The summed E-state index contributed by atoms with van der Waals surface area (Å²) in [5.41, 5.74) is 6.80. The van der Waals surface area contributed by atoms with E-state index in [4.69, 9.17) is 0 Å². The molecule has 1 fully saturated rings. The van der Waals surface area contributed by atoms with Gasteiger partial charge in [-0.2, -0.15) is 0 Å². The molecule has 1 atom stereocenters. The molecule has 0 amide bonds. The van der Waals surface area contributed by atoms with Crippen LogP contribution in [0.2, 0.25) is 0 Å². The average molecular weight is 355 g/mol. The van der Waals surface area contributed by atoms with Crippen LogP contribution >= 0.6 is 0 Å². The summed E-state index contributed by atoms with van der Waals surface area (Å²) in [6, 6.07) is 17.5. The topological polar surface area (TPSA) is 69.4 Å². The van der Waals surface area contributed by atoms with E-state index in [1.165, 1.54) is 17.5 Å². The van der Waals surface area contributed by atoms with Crippen molar-refractivity contribution in [2.45, 2.75) is 18.9 Å². The van der Waals surface area contributed by atoms with Crippen LogP contribution in [0.15, 0.2) is 67.3 Å². The molecule has 0 aliphatic carbocycles. The summed E-state index contributed by atoms with van der Waals surface area (Å²) in [5, 5.41) is 3.48. The predicted molar refractivity (Wildman–Crippen MR) is 107 cm³/mol. The molecule has 5 rings (SSSR count). The summed E-state index contributed by atoms with van der Waals surface area (Å²) in [6.07, 6.45) is 7.84. The molecular weight excluding hydrogens is 334 g/mol. The lowest BCUT2D eigenvalue weighted by atomic mass is 10.0. The van der Waals surface area contributed by atoms with Gasteiger partial charge in [0.25, 0.3) is 0 Å². The molecule has 2 aromatic heterocycles. The highest BCUT2D eigenvalue weighted by molar-refractivity contribution is 5.71. The van der Waals surface area contributed by atoms with Gasteiger partial charge in [-0.15, -0.1) is 0 Å². The summed E-state index contributed by atoms with van der Waals surface area (Å²) in [4.78, 5) is 15.2. The van der Waals surface area contributed by atoms with Gasteiger partial charge in [-0.1, -0.05) is 48.5 Å². The summed E-state index contributed by atoms with van der Waals surface area (Å²) >= 11 is 0. The first-order valence-electron chi connectivity index (χ1n) is 9.35. The minimum atomic E-state index is 0.367. The number of aromatic amines is 2. The monoisotopic (exact) mass is 355 g/mol. The van der Waals surface area contributed by atoms with Gasteiger partial charge >= 0.3 is 0 Å². The second-order valence-electron chi connectivity index (χ2n) is 6.95. The van der Waals surface area contributed by atoms with E-state index in [-0.39, 0.29) is 0 Å². The van der Waals surface area contributed by atoms with E-state index in [9.17, 15) is 0 Å². The van der Waals surface area contributed by atoms with Gasteiger partial charge in [0.05, 0.1) is 36.2 Å². The fourth-order valence-corrected chi connectivity index (χ4v) is 3.68. The Labute approximate surface area is 157 Å². The first-order chi connectivity index (χ1) is 13.4. The van der Waals surface area contributed by atoms with Crippen LogP contribution in [-0.4, -0.2) is 26.5 Å². The van der Waals surface area contributed by atoms with Crippen LogP contribution in [0.3, 0.4) is 0 Å². The lowest BCUT2D eigenvalue weighted by Gasteiger charge is -2.06. The van der Waals surface area contributed by atoms with Crippen LogP contribution < -0.4 is 5.32 Å². The van der Waals surface area contributed by atoms with Crippen LogP contribution in [0.25, 0.3) is 33.6 Å². The Morgan fingerprint density at radius 1 is 0.778 bits per heavy atom. The maximum atomic E-state index is 4.56. The Hall–Kier alpha value is -3.18. The molecule has 1 aliphatic rings. The van der Waals surface area contributed by atoms with Gasteiger partial charge in [0.15, 0.2) is 0 Å². The van der Waals surface area contributed by atoms with E-state index in [0.717, 1.165) is 41.3 Å². The third-order valence-corrected chi connectivity index (χ3v) is 5.21. The third kappa shape index (κ3) is 3.17. The molecule has 2 aromatic carbocycles. The SMILES string of the molecule is c1ncc(-c2ccc(-c3ccc(-c4cnc(C5CCCN5)[nH]4)cc3)cc2)[nH]1. The zero-order valence-corrected chi connectivity index (χ0v) is 14.9. The Kier molecular flexibility index (Phi) is 4.07. The fourth-order valence-electron chi connectivity index (χ4n) is 3.68. The van der Waals surface area contributed by atoms with Crippen molar-refractivity contribution in [3.05, 3.63) is 73.1 Å². The van der Waals surface area contributed by atoms with Gasteiger partial charge in [-0.3, -0.25) is 0 Å². The molecule has 0 spiro atoms. The molecule has 1 unspecified atom stereocenters. The van der Waals surface area contributed by atoms with Crippen molar-refractivity contribution in [2.24, 2.45) is 0 Å². The van der Waals surface area contributed by atoms with Crippen LogP contribution in [0, 0.1) is 0 Å². The highest BCUT2D eigenvalue weighted by Gasteiger charge is 2.19. The minimum Gasteiger partial charge on any atom is -0.345 e. The van der Waals surface area contributed by atoms with E-state index < -0.39 is 0 Å². The fraction of sp³-hybridized carbons (Fsp3) is 0.182. The molecule has 1 aliphatic heterocycles. The largest absolute Gasteiger partial charge is 0.345 e. The van der Waals surface area contributed by atoms with Crippen molar-refractivity contribution in [1.29, 1.82) is 0 Å². The third-order valence-electron chi connectivity index (χ3n) is 5.21. The Morgan fingerprint density at radius 2 is 1.44 bits per heavy atom. The summed E-state index contributed by atoms with van der Waals surface area (Å²) in [5.74, 6) is 1.04. The van der Waals surface area contributed by atoms with E-state index in [2.05, 4.69) is 73.8 Å². The van der Waals surface area contributed by atoms with Gasteiger partial charge in [0, 0.05) is 0 Å². The van der Waals surface area contributed by atoms with Crippen LogP contribution in [0.4, 0.5) is 0 Å². The predicted octanol–water partition coefficient (Wildman–Crippen LogP) is 4.56. The average Bonchev–Trinajstić information content (AvgIpc) is 3.50. The first kappa shape index (κ1) is 16.0. The number of nitrogens with zero attached hydrogens (tertiary/aromatic N) is 2. The Morgan fingerprint density at radius 3 is 2.04 bits per heavy atom. The van der Waals surface area contributed by atoms with Crippen LogP contribution in [-0.2, 0) is 0 Å². The number of hydrogen-bond donors (Lipinski definition) is 3. The maximum Gasteiger partial charge on any atom is 0.123 e. The minimum absolute atomic E-state index is 0.367. The van der Waals surface area contributed by atoms with Gasteiger partial charge < -0.3 is 15.3 Å². The molecule has 5 nitrogen and oxygen atoms in total. The van der Waals surface area contributed by atoms with Crippen molar-refractivity contribution in [3.63, 3.8) is 0 Å². The normalized spacial score (nSPS) is 16.7. The molecule has 1 saturated heterocycles. The van der Waals surface area contributed by atoms with E-state index >= 15 is 0 Å². The second-order valence-corrected chi connectivity index (χ2v) is 6.95. The molecule has 0 saturated carbocycles. The number of H-pyrrole nitrogens is 2. The number of imidazole rings is 2. The smallest absolute Gasteiger partial charge is 0.123 e. The molecule has 0 radical (unpaired) electrons. The molecule has 27 heavy (non-hydrogen) atoms. The lowest BCUT2D eigenvalue weighted by Crippen LogP contribution is -2.14. The van der Waals surface area contributed by atoms with E-state index in [0.29, 0.717) is 6.04 Å². The summed E-state index contributed by atoms with van der Waals surface area (Å²) in [6.45, 7) is 1.08. The molecule has 3 heterocycles. The van der Waals surface area contributed by atoms with Crippen molar-refractivity contribution in [1.82, 2.24) is 25.3 Å². The molecular formula is C22H21N5. The van der Waals surface area contributed by atoms with Crippen LogP contribution in [0.5, 0.6) is 0 Å². The van der Waals surface area contributed by atoms with Crippen molar-refractivity contribution in [3.8, 4) is 33.6 Å². The van der Waals surface area contributed by atoms with Gasteiger partial charge in [-0.05, 0) is 41.6 Å². The molecule has 5 heteroatoms.